The van der Waals surface area contributed by atoms with E-state index in [0.717, 1.165) is 4.70 Å². The monoisotopic (exact) mass is 558 g/mol. The Labute approximate surface area is 225 Å². The van der Waals surface area contributed by atoms with Gasteiger partial charge >= 0.3 is 5.91 Å². The molecule has 1 atom stereocenters. The quantitative estimate of drug-likeness (QED) is 0.158. The maximum Gasteiger partial charge on any atom is 0.301 e. The van der Waals surface area contributed by atoms with Crippen LogP contribution in [-0.4, -0.2) is 28.4 Å². The number of thiazole rings is 1. The van der Waals surface area contributed by atoms with Gasteiger partial charge in [-0.3, -0.25) is 14.5 Å². The van der Waals surface area contributed by atoms with Crippen LogP contribution in [0.1, 0.15) is 24.1 Å². The van der Waals surface area contributed by atoms with Crippen LogP contribution in [0, 0.1) is 0 Å². The molecule has 1 aliphatic heterocycles. The second kappa shape index (κ2) is 9.75. The topological polar surface area (TPSA) is 79.7 Å². The van der Waals surface area contributed by atoms with E-state index in [9.17, 15) is 14.7 Å². The third-order valence-corrected chi connectivity index (χ3v) is 7.68. The number of ether oxygens (including phenoxy) is 1. The van der Waals surface area contributed by atoms with Gasteiger partial charge in [-0.2, -0.15) is 0 Å². The third kappa shape index (κ3) is 4.33. The van der Waals surface area contributed by atoms with Crippen molar-refractivity contribution in [1.82, 2.24) is 4.98 Å². The lowest BCUT2D eigenvalue weighted by Gasteiger charge is -2.23. The highest BCUT2D eigenvalue weighted by atomic mass is 35.5. The van der Waals surface area contributed by atoms with Crippen LogP contribution in [0.25, 0.3) is 16.0 Å². The maximum absolute atomic E-state index is 13.4. The predicted octanol–water partition coefficient (Wildman–Crippen LogP) is 7.28. The minimum atomic E-state index is -0.984. The van der Waals surface area contributed by atoms with Crippen LogP contribution in [0.5, 0.6) is 5.75 Å². The Morgan fingerprint density at radius 1 is 1.03 bits per heavy atom. The van der Waals surface area contributed by atoms with Gasteiger partial charge in [0.05, 0.1) is 38.5 Å². The highest BCUT2D eigenvalue weighted by Crippen LogP contribution is 2.45. The summed E-state index contributed by atoms with van der Waals surface area (Å²) in [5, 5.41) is 12.6. The van der Waals surface area contributed by atoms with E-state index in [0.29, 0.717) is 39.0 Å². The van der Waals surface area contributed by atoms with Crippen molar-refractivity contribution >= 4 is 78.9 Å². The summed E-state index contributed by atoms with van der Waals surface area (Å²) in [7, 11) is 0. The Bertz CT molecular complexity index is 1550. The lowest BCUT2D eigenvalue weighted by molar-refractivity contribution is -0.132. The molecule has 0 aliphatic carbocycles. The van der Waals surface area contributed by atoms with Crippen molar-refractivity contribution in [3.63, 3.8) is 0 Å². The van der Waals surface area contributed by atoms with E-state index >= 15 is 0 Å². The highest BCUT2D eigenvalue weighted by molar-refractivity contribution is 7.22. The van der Waals surface area contributed by atoms with Crippen LogP contribution in [0.3, 0.4) is 0 Å². The number of hydrogen-bond acceptors (Lipinski definition) is 6. The number of benzene rings is 3. The van der Waals surface area contributed by atoms with Crippen LogP contribution >= 0.6 is 46.1 Å². The van der Waals surface area contributed by atoms with E-state index in [4.69, 9.17) is 39.5 Å². The number of Topliss-reactive ketones (excluding diaryl/α,β-unsaturated/α-hetero) is 1. The molecule has 1 fully saturated rings. The molecule has 1 saturated heterocycles. The fourth-order valence-electron chi connectivity index (χ4n) is 4.05. The minimum Gasteiger partial charge on any atom is -0.507 e. The summed E-state index contributed by atoms with van der Waals surface area (Å²) in [5.74, 6) is -1.36. The average molecular weight is 560 g/mol. The molecule has 1 N–H and O–H groups in total. The molecule has 36 heavy (non-hydrogen) atoms. The van der Waals surface area contributed by atoms with Crippen LogP contribution in [0.4, 0.5) is 5.13 Å². The van der Waals surface area contributed by atoms with Gasteiger partial charge in [-0.1, -0.05) is 52.2 Å². The van der Waals surface area contributed by atoms with E-state index in [2.05, 4.69) is 4.98 Å². The Kier molecular flexibility index (Phi) is 6.66. The molecule has 0 bridgehead atoms. The van der Waals surface area contributed by atoms with Gasteiger partial charge in [0, 0.05) is 10.6 Å². The van der Waals surface area contributed by atoms with E-state index < -0.39 is 17.7 Å². The van der Waals surface area contributed by atoms with Crippen LogP contribution in [0.15, 0.2) is 66.2 Å². The van der Waals surface area contributed by atoms with Crippen LogP contribution in [-0.2, 0) is 9.59 Å². The number of carbonyl (C=O) groups is 2. The molecule has 0 spiro atoms. The molecule has 4 aromatic rings. The zero-order valence-electron chi connectivity index (χ0n) is 18.7. The molecular weight excluding hydrogens is 543 g/mol. The van der Waals surface area contributed by atoms with Crippen LogP contribution in [0.2, 0.25) is 15.1 Å². The smallest absolute Gasteiger partial charge is 0.301 e. The first-order chi connectivity index (χ1) is 17.3. The molecule has 182 valence electrons. The number of fused-ring (bicyclic) bond motifs is 1. The molecular formula is C26H17Cl3N2O4S. The minimum absolute atomic E-state index is 0.0835. The van der Waals surface area contributed by atoms with Crippen LogP contribution < -0.4 is 9.64 Å². The summed E-state index contributed by atoms with van der Waals surface area (Å²) in [6, 6.07) is 15.6. The number of aromatic nitrogens is 1. The fourth-order valence-corrected chi connectivity index (χ4v) is 5.62. The van der Waals surface area contributed by atoms with Gasteiger partial charge < -0.3 is 9.84 Å². The van der Waals surface area contributed by atoms with Gasteiger partial charge in [0.25, 0.3) is 5.78 Å². The number of aliphatic hydroxyl groups is 1. The van der Waals surface area contributed by atoms with Crippen molar-refractivity contribution in [3.8, 4) is 5.75 Å². The Morgan fingerprint density at radius 3 is 2.47 bits per heavy atom. The average Bonchev–Trinajstić information content (AvgIpc) is 3.39. The number of aliphatic hydroxyl groups excluding tert-OH is 1. The number of amides is 1. The van der Waals surface area contributed by atoms with Gasteiger partial charge in [0.2, 0.25) is 0 Å². The lowest BCUT2D eigenvalue weighted by Crippen LogP contribution is -2.29. The van der Waals surface area contributed by atoms with Crippen molar-refractivity contribution in [2.24, 2.45) is 0 Å². The number of anilines is 1. The summed E-state index contributed by atoms with van der Waals surface area (Å²) >= 11 is 19.8. The molecule has 1 unspecified atom stereocenters. The molecule has 10 heteroatoms. The lowest BCUT2D eigenvalue weighted by atomic mass is 9.95. The third-order valence-electron chi connectivity index (χ3n) is 5.69. The first-order valence-electron chi connectivity index (χ1n) is 10.8. The molecule has 1 aliphatic rings. The predicted molar refractivity (Wildman–Crippen MR) is 143 cm³/mol. The molecule has 6 nitrogen and oxygen atoms in total. The summed E-state index contributed by atoms with van der Waals surface area (Å²) < 4.78 is 6.21. The van der Waals surface area contributed by atoms with Gasteiger partial charge in [-0.25, -0.2) is 4.98 Å². The Balaban J connectivity index is 1.70. The van der Waals surface area contributed by atoms with E-state index in [1.807, 2.05) is 6.92 Å². The Hall–Kier alpha value is -3.10. The number of nitrogens with zero attached hydrogens (tertiary/aromatic N) is 2. The summed E-state index contributed by atoms with van der Waals surface area (Å²) in [5.41, 5.74) is 1.39. The van der Waals surface area contributed by atoms with Gasteiger partial charge in [0.15, 0.2) is 5.13 Å². The molecule has 3 aromatic carbocycles. The number of rotatable bonds is 5. The Morgan fingerprint density at radius 2 is 1.78 bits per heavy atom. The van der Waals surface area contributed by atoms with Gasteiger partial charge in [0.1, 0.15) is 11.5 Å². The zero-order chi connectivity index (χ0) is 25.6. The molecule has 0 radical (unpaired) electrons. The van der Waals surface area contributed by atoms with E-state index in [1.54, 1.807) is 60.7 Å². The van der Waals surface area contributed by atoms with E-state index in [1.165, 1.54) is 16.2 Å². The van der Waals surface area contributed by atoms with Crippen molar-refractivity contribution in [2.75, 3.05) is 11.5 Å². The standard InChI is InChI=1S/C26H17Cl3N2O4S/c1-2-35-16-7-3-13(4-8-16)23(32)21-22(14-5-9-17(28)18(29)11-14)31(25(34)24(21)33)26-30-19-10-6-15(27)12-20(19)36-26/h3-12,22,32H,2H2,1H3. The van der Waals surface area contributed by atoms with Crippen molar-refractivity contribution < 1.29 is 19.4 Å². The number of carbonyl (C=O) groups excluding carboxylic acids is 2. The summed E-state index contributed by atoms with van der Waals surface area (Å²) in [6.07, 6.45) is 0. The second-order valence-electron chi connectivity index (χ2n) is 7.91. The second-order valence-corrected chi connectivity index (χ2v) is 10.2. The number of ketones is 1. The van der Waals surface area contributed by atoms with Gasteiger partial charge in [-0.05, 0) is 67.1 Å². The number of halogens is 3. The molecule has 1 amide bonds. The molecule has 5 rings (SSSR count). The summed E-state index contributed by atoms with van der Waals surface area (Å²) in [4.78, 5) is 32.6. The number of hydrogen-bond donors (Lipinski definition) is 1. The molecule has 1 aromatic heterocycles. The van der Waals surface area contributed by atoms with Crippen molar-refractivity contribution in [1.29, 1.82) is 0 Å². The van der Waals surface area contributed by atoms with Crippen molar-refractivity contribution in [2.45, 2.75) is 13.0 Å². The first kappa shape index (κ1) is 24.6. The fraction of sp³-hybridized carbons (Fsp3) is 0.115. The van der Waals surface area contributed by atoms with Crippen molar-refractivity contribution in [3.05, 3.63) is 92.4 Å². The zero-order valence-corrected chi connectivity index (χ0v) is 21.8. The van der Waals surface area contributed by atoms with Gasteiger partial charge in [-0.15, -0.1) is 0 Å². The summed E-state index contributed by atoms with van der Waals surface area (Å²) in [6.45, 7) is 2.35. The SMILES string of the molecule is CCOc1ccc(C(O)=C2C(=O)C(=O)N(c3nc4ccc(Cl)cc4s3)C2c2ccc(Cl)c(Cl)c2)cc1. The highest BCUT2D eigenvalue weighted by Gasteiger charge is 2.48. The first-order valence-corrected chi connectivity index (χ1v) is 12.8. The largest absolute Gasteiger partial charge is 0.507 e. The normalized spacial score (nSPS) is 17.2. The maximum atomic E-state index is 13.4. The van der Waals surface area contributed by atoms with E-state index in [-0.39, 0.29) is 21.5 Å². The molecule has 2 heterocycles. The molecule has 0 saturated carbocycles.